The summed E-state index contributed by atoms with van der Waals surface area (Å²) in [5.74, 6) is -0.101. The Hall–Kier alpha value is -1.55. The second-order valence-corrected chi connectivity index (χ2v) is 7.34. The first kappa shape index (κ1) is 16.8. The van der Waals surface area contributed by atoms with Crippen LogP contribution in [0, 0.1) is 5.41 Å². The number of allylic oxidation sites excluding steroid dienone is 4. The van der Waals surface area contributed by atoms with Gasteiger partial charge in [0.25, 0.3) is 0 Å². The Labute approximate surface area is 136 Å². The average molecular weight is 317 g/mol. The van der Waals surface area contributed by atoms with Gasteiger partial charge in [0.05, 0.1) is 5.57 Å². The van der Waals surface area contributed by atoms with Gasteiger partial charge >= 0.3 is 0 Å². The van der Waals surface area contributed by atoms with E-state index < -0.39 is 0 Å². The number of nitrogens with one attached hydrogen (secondary N) is 1. The second-order valence-electron chi connectivity index (χ2n) is 6.46. The van der Waals surface area contributed by atoms with Crippen LogP contribution in [0.4, 0.5) is 0 Å². The van der Waals surface area contributed by atoms with Crippen LogP contribution in [0.25, 0.3) is 0 Å². The zero-order chi connectivity index (χ0) is 16.2. The summed E-state index contributed by atoms with van der Waals surface area (Å²) in [5, 5.41) is 3.12. The first-order chi connectivity index (χ1) is 10.4. The molecule has 118 valence electrons. The molecule has 22 heavy (non-hydrogen) atoms. The molecule has 0 aliphatic heterocycles. The van der Waals surface area contributed by atoms with E-state index in [0.29, 0.717) is 25.0 Å². The molecule has 4 heteroatoms. The molecule has 1 fully saturated rings. The van der Waals surface area contributed by atoms with E-state index in [1.165, 1.54) is 4.91 Å². The molecule has 0 saturated heterocycles. The second kappa shape index (κ2) is 7.14. The highest BCUT2D eigenvalue weighted by atomic mass is 32.2. The predicted molar refractivity (Wildman–Crippen MR) is 92.6 cm³/mol. The minimum atomic E-state index is -0.210. The Morgan fingerprint density at radius 2 is 1.86 bits per heavy atom. The molecular weight excluding hydrogens is 294 g/mol. The topological polar surface area (TPSA) is 46.2 Å². The third-order valence-corrected chi connectivity index (χ3v) is 4.60. The fourth-order valence-corrected chi connectivity index (χ4v) is 3.11. The summed E-state index contributed by atoms with van der Waals surface area (Å²) in [4.78, 5) is 25.4. The fraction of sp³-hybridized carbons (Fsp3) is 0.444. The molecule has 2 rings (SSSR count). The lowest BCUT2D eigenvalue weighted by molar-refractivity contribution is -0.127. The molecule has 0 radical (unpaired) electrons. The van der Waals surface area contributed by atoms with Gasteiger partial charge in [-0.15, -0.1) is 11.8 Å². The first-order valence-corrected chi connectivity index (χ1v) is 8.75. The highest BCUT2D eigenvalue weighted by Gasteiger charge is 2.35. The number of carbonyl (C=O) groups is 2. The Morgan fingerprint density at radius 1 is 1.18 bits per heavy atom. The molecule has 0 aromatic carbocycles. The molecule has 0 amide bonds. The van der Waals surface area contributed by atoms with Gasteiger partial charge < -0.3 is 5.32 Å². The standard InChI is InChI=1S/C18H23NO2S/c1-18(2)9-16(20)15(17(21)10-18)12-19-11-13-5-4-6-14(22-3)8-7-13/h5-8,12,19H,4,9-11H2,1-3H3. The van der Waals surface area contributed by atoms with Crippen molar-refractivity contribution in [3.05, 3.63) is 46.6 Å². The van der Waals surface area contributed by atoms with Gasteiger partial charge in [-0.05, 0) is 29.7 Å². The van der Waals surface area contributed by atoms with Gasteiger partial charge in [0.1, 0.15) is 0 Å². The van der Waals surface area contributed by atoms with Crippen molar-refractivity contribution in [1.29, 1.82) is 0 Å². The first-order valence-electron chi connectivity index (χ1n) is 7.52. The van der Waals surface area contributed by atoms with E-state index in [4.69, 9.17) is 0 Å². The Bertz CT molecular complexity index is 572. The normalized spacial score (nSPS) is 21.1. The molecule has 0 heterocycles. The Balaban J connectivity index is 1.94. The van der Waals surface area contributed by atoms with Crippen molar-refractivity contribution in [2.75, 3.05) is 12.8 Å². The van der Waals surface area contributed by atoms with Crippen LogP contribution in [0.15, 0.2) is 46.6 Å². The van der Waals surface area contributed by atoms with Gasteiger partial charge in [0, 0.05) is 30.5 Å². The molecule has 0 unspecified atom stereocenters. The maximum atomic E-state index is 12.1. The Kier molecular flexibility index (Phi) is 5.46. The minimum Gasteiger partial charge on any atom is -0.386 e. The van der Waals surface area contributed by atoms with Crippen LogP contribution in [-0.4, -0.2) is 24.4 Å². The number of carbonyl (C=O) groups excluding carboxylic acids is 2. The molecule has 0 spiro atoms. The number of hydrogen-bond donors (Lipinski definition) is 1. The maximum absolute atomic E-state index is 12.1. The number of ketones is 2. The van der Waals surface area contributed by atoms with Gasteiger partial charge in [0.2, 0.25) is 0 Å². The maximum Gasteiger partial charge on any atom is 0.168 e. The van der Waals surface area contributed by atoms with Crippen molar-refractivity contribution in [2.45, 2.75) is 33.1 Å². The van der Waals surface area contributed by atoms with Gasteiger partial charge in [-0.25, -0.2) is 0 Å². The quantitative estimate of drug-likeness (QED) is 0.636. The predicted octanol–water partition coefficient (Wildman–Crippen LogP) is 3.55. The van der Waals surface area contributed by atoms with E-state index in [-0.39, 0.29) is 17.0 Å². The molecule has 1 saturated carbocycles. The molecule has 3 nitrogen and oxygen atoms in total. The molecule has 0 atom stereocenters. The molecular formula is C18H23NO2S. The highest BCUT2D eigenvalue weighted by molar-refractivity contribution is 8.02. The number of thioether (sulfide) groups is 1. The van der Waals surface area contributed by atoms with Gasteiger partial charge in [-0.3, -0.25) is 9.59 Å². The molecule has 2 aliphatic rings. The third kappa shape index (κ3) is 4.47. The lowest BCUT2D eigenvalue weighted by atomic mass is 9.74. The summed E-state index contributed by atoms with van der Waals surface area (Å²) >= 11 is 1.73. The largest absolute Gasteiger partial charge is 0.386 e. The smallest absolute Gasteiger partial charge is 0.168 e. The fourth-order valence-electron chi connectivity index (χ4n) is 2.64. The summed E-state index contributed by atoms with van der Waals surface area (Å²) in [7, 11) is 0. The van der Waals surface area contributed by atoms with E-state index >= 15 is 0 Å². The number of hydrogen-bond acceptors (Lipinski definition) is 4. The van der Waals surface area contributed by atoms with Crippen LogP contribution in [0.2, 0.25) is 0 Å². The van der Waals surface area contributed by atoms with Crippen molar-refractivity contribution in [2.24, 2.45) is 5.41 Å². The lowest BCUT2D eigenvalue weighted by Gasteiger charge is -2.28. The number of rotatable bonds is 4. The van der Waals surface area contributed by atoms with Crippen LogP contribution in [0.1, 0.15) is 33.1 Å². The zero-order valence-electron chi connectivity index (χ0n) is 13.4. The summed E-state index contributed by atoms with van der Waals surface area (Å²) in [6.07, 6.45) is 14.0. The van der Waals surface area contributed by atoms with Crippen molar-refractivity contribution in [3.8, 4) is 0 Å². The lowest BCUT2D eigenvalue weighted by Crippen LogP contribution is -2.32. The van der Waals surface area contributed by atoms with Gasteiger partial charge in [0.15, 0.2) is 11.6 Å². The van der Waals surface area contributed by atoms with Gasteiger partial charge in [-0.1, -0.05) is 32.1 Å². The van der Waals surface area contributed by atoms with Crippen LogP contribution >= 0.6 is 11.8 Å². The number of Topliss-reactive ketones (excluding diaryl/α,β-unsaturated/α-hetero) is 2. The molecule has 2 aliphatic carbocycles. The van der Waals surface area contributed by atoms with E-state index in [9.17, 15) is 9.59 Å². The monoisotopic (exact) mass is 317 g/mol. The Morgan fingerprint density at radius 3 is 2.50 bits per heavy atom. The van der Waals surface area contributed by atoms with E-state index in [1.807, 2.05) is 13.8 Å². The van der Waals surface area contributed by atoms with Crippen LogP contribution in [-0.2, 0) is 9.59 Å². The van der Waals surface area contributed by atoms with Crippen molar-refractivity contribution in [1.82, 2.24) is 5.32 Å². The van der Waals surface area contributed by atoms with Crippen LogP contribution in [0.5, 0.6) is 0 Å². The van der Waals surface area contributed by atoms with Crippen molar-refractivity contribution >= 4 is 23.3 Å². The molecule has 0 aromatic heterocycles. The van der Waals surface area contributed by atoms with Crippen molar-refractivity contribution in [3.63, 3.8) is 0 Å². The van der Waals surface area contributed by atoms with Gasteiger partial charge in [-0.2, -0.15) is 0 Å². The van der Waals surface area contributed by atoms with E-state index in [2.05, 4.69) is 35.9 Å². The summed E-state index contributed by atoms with van der Waals surface area (Å²) in [5.41, 5.74) is 1.27. The molecule has 0 bridgehead atoms. The third-order valence-electron chi connectivity index (χ3n) is 3.83. The van der Waals surface area contributed by atoms with E-state index in [1.54, 1.807) is 18.0 Å². The molecule has 0 aromatic rings. The average Bonchev–Trinajstić information content (AvgIpc) is 2.66. The zero-order valence-corrected chi connectivity index (χ0v) is 14.3. The van der Waals surface area contributed by atoms with E-state index in [0.717, 1.165) is 12.0 Å². The summed E-state index contributed by atoms with van der Waals surface area (Å²) in [6.45, 7) is 4.55. The van der Waals surface area contributed by atoms with Crippen molar-refractivity contribution < 1.29 is 9.59 Å². The minimum absolute atomic E-state index is 0.0505. The summed E-state index contributed by atoms with van der Waals surface area (Å²) < 4.78 is 0. The highest BCUT2D eigenvalue weighted by Crippen LogP contribution is 2.33. The SMILES string of the molecule is CSC1=CCC=C(CNC=C2C(=O)CC(C)(C)CC2=O)C=C1. The molecule has 1 N–H and O–H groups in total. The van der Waals surface area contributed by atoms with Crippen LogP contribution < -0.4 is 5.32 Å². The summed E-state index contributed by atoms with van der Waals surface area (Å²) in [6, 6.07) is 0. The van der Waals surface area contributed by atoms with Crippen LogP contribution in [0.3, 0.4) is 0 Å².